The number of nitrogens with zero attached hydrogens (tertiary/aromatic N) is 1. The zero-order valence-corrected chi connectivity index (χ0v) is 16.2. The number of hydrogen-bond donors (Lipinski definition) is 2. The van der Waals surface area contributed by atoms with Crippen molar-refractivity contribution in [1.82, 2.24) is 10.2 Å². The Morgan fingerprint density at radius 2 is 1.93 bits per heavy atom. The number of benzene rings is 1. The van der Waals surface area contributed by atoms with E-state index in [9.17, 15) is 14.7 Å². The van der Waals surface area contributed by atoms with Gasteiger partial charge in [-0.3, -0.25) is 9.59 Å². The van der Waals surface area contributed by atoms with Crippen molar-refractivity contribution in [3.8, 4) is 0 Å². The summed E-state index contributed by atoms with van der Waals surface area (Å²) in [6, 6.07) is 7.90. The molecule has 3 rings (SSSR count). The van der Waals surface area contributed by atoms with Gasteiger partial charge < -0.3 is 15.3 Å². The topological polar surface area (TPSA) is 69.6 Å². The van der Waals surface area contributed by atoms with Crippen LogP contribution >= 0.6 is 0 Å². The standard InChI is InChI=1S/C22H30N2O3/c1-3-5-15-8-10-17(11-9-15)22-18(13-23-20(26)12-16-6-7-16)24(19(22)14-25)21(27)4-2/h3,5,8-11,16,18-19,22,25H,4,6-7,12-14H2,1-2H3,(H,23,26)/b5-3+/t18-,19-,22+/m0/s1. The predicted octanol–water partition coefficient (Wildman–Crippen LogP) is 2.70. The van der Waals surface area contributed by atoms with Gasteiger partial charge in [0.15, 0.2) is 0 Å². The van der Waals surface area contributed by atoms with Gasteiger partial charge in [-0.15, -0.1) is 0 Å². The Kier molecular flexibility index (Phi) is 6.32. The summed E-state index contributed by atoms with van der Waals surface area (Å²) < 4.78 is 0. The van der Waals surface area contributed by atoms with E-state index in [2.05, 4.69) is 29.6 Å². The molecule has 0 bridgehead atoms. The van der Waals surface area contributed by atoms with E-state index in [4.69, 9.17) is 0 Å². The summed E-state index contributed by atoms with van der Waals surface area (Å²) in [7, 11) is 0. The fraction of sp³-hybridized carbons (Fsp3) is 0.545. The van der Waals surface area contributed by atoms with Crippen LogP contribution in [0.3, 0.4) is 0 Å². The zero-order chi connectivity index (χ0) is 19.4. The number of amides is 2. The first-order valence-electron chi connectivity index (χ1n) is 10.00. The van der Waals surface area contributed by atoms with Gasteiger partial charge in [-0.25, -0.2) is 0 Å². The molecule has 2 aliphatic rings. The predicted molar refractivity (Wildman–Crippen MR) is 106 cm³/mol. The van der Waals surface area contributed by atoms with Crippen molar-refractivity contribution in [2.45, 2.75) is 57.5 Å². The second-order valence-corrected chi connectivity index (χ2v) is 7.62. The molecule has 1 aromatic carbocycles. The minimum Gasteiger partial charge on any atom is -0.394 e. The third-order valence-electron chi connectivity index (χ3n) is 5.68. The van der Waals surface area contributed by atoms with Gasteiger partial charge in [-0.1, -0.05) is 43.3 Å². The molecule has 1 aliphatic carbocycles. The number of aliphatic hydroxyl groups is 1. The number of allylic oxidation sites excluding steroid dienone is 1. The molecule has 2 N–H and O–H groups in total. The van der Waals surface area contributed by atoms with Crippen LogP contribution in [0.1, 0.15) is 56.6 Å². The molecular formula is C22H30N2O3. The van der Waals surface area contributed by atoms with E-state index in [0.717, 1.165) is 24.0 Å². The summed E-state index contributed by atoms with van der Waals surface area (Å²) in [6.45, 7) is 4.18. The average Bonchev–Trinajstić information content (AvgIpc) is 3.46. The van der Waals surface area contributed by atoms with Crippen molar-refractivity contribution in [3.05, 3.63) is 41.5 Å². The lowest BCUT2D eigenvalue weighted by Gasteiger charge is -2.55. The lowest BCUT2D eigenvalue weighted by molar-refractivity contribution is -0.150. The molecule has 0 radical (unpaired) electrons. The van der Waals surface area contributed by atoms with Crippen molar-refractivity contribution < 1.29 is 14.7 Å². The summed E-state index contributed by atoms with van der Waals surface area (Å²) in [5.74, 6) is 0.666. The average molecular weight is 370 g/mol. The lowest BCUT2D eigenvalue weighted by Crippen LogP contribution is -2.68. The largest absolute Gasteiger partial charge is 0.394 e. The van der Waals surface area contributed by atoms with E-state index in [0.29, 0.717) is 25.3 Å². The minimum absolute atomic E-state index is 0.0253. The van der Waals surface area contributed by atoms with Gasteiger partial charge in [-0.05, 0) is 36.8 Å². The monoisotopic (exact) mass is 370 g/mol. The Morgan fingerprint density at radius 3 is 2.48 bits per heavy atom. The summed E-state index contributed by atoms with van der Waals surface area (Å²) in [6.07, 6.45) is 7.30. The van der Waals surface area contributed by atoms with E-state index >= 15 is 0 Å². The lowest BCUT2D eigenvalue weighted by atomic mass is 9.74. The maximum absolute atomic E-state index is 12.4. The highest BCUT2D eigenvalue weighted by Gasteiger charge is 2.50. The number of rotatable bonds is 8. The number of carbonyl (C=O) groups excluding carboxylic acids is 2. The number of aliphatic hydroxyl groups excluding tert-OH is 1. The third kappa shape index (κ3) is 4.41. The molecule has 2 fully saturated rings. The fourth-order valence-corrected chi connectivity index (χ4v) is 4.07. The van der Waals surface area contributed by atoms with Gasteiger partial charge in [0, 0.05) is 25.3 Å². The van der Waals surface area contributed by atoms with E-state index in [1.54, 1.807) is 4.90 Å². The van der Waals surface area contributed by atoms with Crippen molar-refractivity contribution >= 4 is 17.9 Å². The van der Waals surface area contributed by atoms with Gasteiger partial charge in [-0.2, -0.15) is 0 Å². The maximum atomic E-state index is 12.4. The Morgan fingerprint density at radius 1 is 1.22 bits per heavy atom. The highest BCUT2D eigenvalue weighted by molar-refractivity contribution is 5.79. The van der Waals surface area contributed by atoms with Crippen LogP contribution < -0.4 is 5.32 Å². The molecule has 27 heavy (non-hydrogen) atoms. The van der Waals surface area contributed by atoms with Crippen molar-refractivity contribution in [2.75, 3.05) is 13.2 Å². The summed E-state index contributed by atoms with van der Waals surface area (Å²) >= 11 is 0. The number of hydrogen-bond acceptors (Lipinski definition) is 3. The van der Waals surface area contributed by atoms with Crippen LogP contribution in [-0.4, -0.2) is 47.1 Å². The SMILES string of the molecule is C/C=C/c1ccc([C@H]2[C@H](CO)N(C(=O)CC)[C@H]2CNC(=O)CC2CC2)cc1. The zero-order valence-electron chi connectivity index (χ0n) is 16.2. The smallest absolute Gasteiger partial charge is 0.222 e. The van der Waals surface area contributed by atoms with Gasteiger partial charge >= 0.3 is 0 Å². The van der Waals surface area contributed by atoms with Gasteiger partial charge in [0.25, 0.3) is 0 Å². The van der Waals surface area contributed by atoms with Crippen molar-refractivity contribution in [1.29, 1.82) is 0 Å². The molecule has 1 heterocycles. The number of nitrogens with one attached hydrogen (secondary N) is 1. The molecule has 0 unspecified atom stereocenters. The first-order valence-corrected chi connectivity index (χ1v) is 10.00. The molecule has 0 aromatic heterocycles. The van der Waals surface area contributed by atoms with Crippen LogP contribution in [-0.2, 0) is 9.59 Å². The van der Waals surface area contributed by atoms with Crippen LogP contribution in [0, 0.1) is 5.92 Å². The van der Waals surface area contributed by atoms with Crippen LogP contribution in [0.4, 0.5) is 0 Å². The number of likely N-dealkylation sites (tertiary alicyclic amines) is 1. The van der Waals surface area contributed by atoms with Gasteiger partial charge in [0.05, 0.1) is 18.7 Å². The van der Waals surface area contributed by atoms with Crippen LogP contribution in [0.15, 0.2) is 30.3 Å². The van der Waals surface area contributed by atoms with E-state index in [1.165, 1.54) is 0 Å². The summed E-state index contributed by atoms with van der Waals surface area (Å²) in [5.41, 5.74) is 2.22. The third-order valence-corrected chi connectivity index (χ3v) is 5.68. The Balaban J connectivity index is 1.74. The Labute approximate surface area is 161 Å². The molecule has 5 heteroatoms. The van der Waals surface area contributed by atoms with Crippen molar-refractivity contribution in [2.24, 2.45) is 5.92 Å². The second kappa shape index (κ2) is 8.70. The van der Waals surface area contributed by atoms with Gasteiger partial charge in [0.1, 0.15) is 0 Å². The van der Waals surface area contributed by atoms with E-state index in [-0.39, 0.29) is 36.4 Å². The maximum Gasteiger partial charge on any atom is 0.222 e. The van der Waals surface area contributed by atoms with Gasteiger partial charge in [0.2, 0.25) is 11.8 Å². The first-order chi connectivity index (χ1) is 13.1. The highest BCUT2D eigenvalue weighted by atomic mass is 16.3. The van der Waals surface area contributed by atoms with Crippen molar-refractivity contribution in [3.63, 3.8) is 0 Å². The molecule has 2 amide bonds. The summed E-state index contributed by atoms with van der Waals surface area (Å²) in [4.78, 5) is 26.3. The highest BCUT2D eigenvalue weighted by Crippen LogP contribution is 2.41. The minimum atomic E-state index is -0.227. The second-order valence-electron chi connectivity index (χ2n) is 7.62. The summed E-state index contributed by atoms with van der Waals surface area (Å²) in [5, 5.41) is 12.9. The Hall–Kier alpha value is -2.14. The molecule has 3 atom stereocenters. The van der Waals surface area contributed by atoms with Crippen LogP contribution in [0.2, 0.25) is 0 Å². The molecule has 5 nitrogen and oxygen atoms in total. The molecule has 1 saturated heterocycles. The fourth-order valence-electron chi connectivity index (χ4n) is 4.07. The number of carbonyl (C=O) groups is 2. The van der Waals surface area contributed by atoms with Crippen LogP contribution in [0.25, 0.3) is 6.08 Å². The van der Waals surface area contributed by atoms with Crippen LogP contribution in [0.5, 0.6) is 0 Å². The molecule has 1 aliphatic heterocycles. The first kappa shape index (κ1) is 19.6. The van der Waals surface area contributed by atoms with E-state index in [1.807, 2.05) is 26.0 Å². The molecule has 1 aromatic rings. The van der Waals surface area contributed by atoms with E-state index < -0.39 is 0 Å². The molecular weight excluding hydrogens is 340 g/mol. The Bertz CT molecular complexity index is 694. The molecule has 146 valence electrons. The normalized spacial score (nSPS) is 24.7. The quantitative estimate of drug-likeness (QED) is 0.739. The molecule has 0 spiro atoms. The molecule has 1 saturated carbocycles.